The number of nitrogens with zero attached hydrogens (tertiary/aromatic N) is 3. The van der Waals surface area contributed by atoms with Crippen LogP contribution in [0.4, 0.5) is 5.69 Å². The Morgan fingerprint density at radius 3 is 2.26 bits per heavy atom. The van der Waals surface area contributed by atoms with Gasteiger partial charge in [0.15, 0.2) is 0 Å². The van der Waals surface area contributed by atoms with Gasteiger partial charge >= 0.3 is 11.8 Å². The highest BCUT2D eigenvalue weighted by Crippen LogP contribution is 2.11. The summed E-state index contributed by atoms with van der Waals surface area (Å²) in [5, 5.41) is 3.87. The summed E-state index contributed by atoms with van der Waals surface area (Å²) in [6.45, 7) is 1.31. The van der Waals surface area contributed by atoms with Gasteiger partial charge in [-0.3, -0.25) is 9.59 Å². The minimum Gasteiger partial charge on any atom is -0.378 e. The van der Waals surface area contributed by atoms with Crippen LogP contribution >= 0.6 is 0 Å². The first-order valence-corrected chi connectivity index (χ1v) is 7.97. The maximum atomic E-state index is 12.0. The van der Waals surface area contributed by atoms with E-state index in [0.29, 0.717) is 13.1 Å². The van der Waals surface area contributed by atoms with Crippen molar-refractivity contribution in [1.82, 2.24) is 10.3 Å². The van der Waals surface area contributed by atoms with Gasteiger partial charge in [0.05, 0.1) is 6.21 Å². The number of benzene rings is 1. The van der Waals surface area contributed by atoms with Gasteiger partial charge in [0.2, 0.25) is 0 Å². The van der Waals surface area contributed by atoms with Gasteiger partial charge < -0.3 is 9.80 Å². The van der Waals surface area contributed by atoms with Crippen LogP contribution in [0.15, 0.2) is 29.4 Å². The average molecular weight is 316 g/mol. The van der Waals surface area contributed by atoms with Crippen molar-refractivity contribution >= 4 is 23.7 Å². The van der Waals surface area contributed by atoms with Crippen LogP contribution in [0.5, 0.6) is 0 Å². The summed E-state index contributed by atoms with van der Waals surface area (Å²) in [5.41, 5.74) is 4.26. The van der Waals surface area contributed by atoms with Gasteiger partial charge in [-0.2, -0.15) is 5.10 Å². The number of nitrogens with one attached hydrogen (secondary N) is 1. The Morgan fingerprint density at radius 1 is 1.09 bits per heavy atom. The van der Waals surface area contributed by atoms with E-state index in [1.807, 2.05) is 43.3 Å². The smallest absolute Gasteiger partial charge is 0.329 e. The third kappa shape index (κ3) is 5.09. The fourth-order valence-electron chi connectivity index (χ4n) is 2.49. The lowest BCUT2D eigenvalue weighted by Gasteiger charge is -2.18. The fraction of sp³-hybridized carbons (Fsp3) is 0.471. The normalized spacial score (nSPS) is 15.3. The minimum atomic E-state index is -0.673. The third-order valence-electron chi connectivity index (χ3n) is 3.88. The monoisotopic (exact) mass is 316 g/mol. The van der Waals surface area contributed by atoms with Gasteiger partial charge in [-0.25, -0.2) is 5.43 Å². The molecular weight excluding hydrogens is 292 g/mol. The van der Waals surface area contributed by atoms with Crippen molar-refractivity contribution < 1.29 is 9.59 Å². The number of carbonyl (C=O) groups is 2. The molecule has 0 atom stereocenters. The molecule has 6 heteroatoms. The second-order valence-electron chi connectivity index (χ2n) is 5.89. The molecule has 0 bridgehead atoms. The van der Waals surface area contributed by atoms with Crippen molar-refractivity contribution in [3.8, 4) is 0 Å². The summed E-state index contributed by atoms with van der Waals surface area (Å²) in [6.07, 6.45) is 5.69. The van der Waals surface area contributed by atoms with Crippen molar-refractivity contribution in [2.45, 2.75) is 25.7 Å². The molecule has 6 nitrogen and oxygen atoms in total. The van der Waals surface area contributed by atoms with E-state index in [-0.39, 0.29) is 0 Å². The van der Waals surface area contributed by atoms with Crippen LogP contribution in [-0.4, -0.2) is 50.1 Å². The van der Waals surface area contributed by atoms with E-state index in [1.165, 1.54) is 6.21 Å². The predicted molar refractivity (Wildman–Crippen MR) is 91.6 cm³/mol. The van der Waals surface area contributed by atoms with Gasteiger partial charge in [-0.15, -0.1) is 0 Å². The number of hydrogen-bond acceptors (Lipinski definition) is 4. The van der Waals surface area contributed by atoms with Crippen molar-refractivity contribution in [3.05, 3.63) is 29.8 Å². The van der Waals surface area contributed by atoms with Gasteiger partial charge in [-0.1, -0.05) is 25.0 Å². The Labute approximate surface area is 137 Å². The quantitative estimate of drug-likeness (QED) is 0.523. The highest BCUT2D eigenvalue weighted by atomic mass is 16.2. The zero-order valence-corrected chi connectivity index (χ0v) is 13.8. The third-order valence-corrected chi connectivity index (χ3v) is 3.88. The van der Waals surface area contributed by atoms with Crippen LogP contribution < -0.4 is 10.3 Å². The molecule has 1 saturated heterocycles. The number of rotatable bonds is 3. The average Bonchev–Trinajstić information content (AvgIpc) is 2.83. The molecule has 0 radical (unpaired) electrons. The van der Waals surface area contributed by atoms with E-state index in [9.17, 15) is 9.59 Å². The topological polar surface area (TPSA) is 65.0 Å². The van der Waals surface area contributed by atoms with Crippen LogP contribution in [0.25, 0.3) is 0 Å². The lowest BCUT2D eigenvalue weighted by atomic mass is 10.2. The summed E-state index contributed by atoms with van der Waals surface area (Å²) in [6, 6.07) is 7.74. The van der Waals surface area contributed by atoms with E-state index >= 15 is 0 Å². The zero-order valence-electron chi connectivity index (χ0n) is 13.8. The first-order valence-electron chi connectivity index (χ1n) is 7.97. The van der Waals surface area contributed by atoms with Gasteiger partial charge in [0.1, 0.15) is 0 Å². The number of likely N-dealkylation sites (tertiary alicyclic amines) is 1. The van der Waals surface area contributed by atoms with Gasteiger partial charge in [0.25, 0.3) is 0 Å². The Bertz CT molecular complexity index is 558. The summed E-state index contributed by atoms with van der Waals surface area (Å²) in [7, 11) is 3.94. The SMILES string of the molecule is CN(C)c1ccc(/C=N\NC(=O)C(=O)N2CCCCCC2)cc1. The number of hydrazone groups is 1. The van der Waals surface area contributed by atoms with Gasteiger partial charge in [-0.05, 0) is 30.5 Å². The molecule has 0 spiro atoms. The summed E-state index contributed by atoms with van der Waals surface area (Å²) in [5.74, 6) is -1.17. The molecule has 1 aliphatic rings. The Balaban J connectivity index is 1.86. The number of hydrogen-bond donors (Lipinski definition) is 1. The largest absolute Gasteiger partial charge is 0.378 e. The molecule has 1 aromatic carbocycles. The van der Waals surface area contributed by atoms with E-state index < -0.39 is 11.8 Å². The fourth-order valence-corrected chi connectivity index (χ4v) is 2.49. The highest BCUT2D eigenvalue weighted by Gasteiger charge is 2.22. The van der Waals surface area contributed by atoms with E-state index in [0.717, 1.165) is 36.9 Å². The van der Waals surface area contributed by atoms with Crippen molar-refractivity contribution in [2.24, 2.45) is 5.10 Å². The molecule has 1 N–H and O–H groups in total. The Kier molecular flexibility index (Phi) is 6.14. The molecule has 2 rings (SSSR count). The van der Waals surface area contributed by atoms with Crippen LogP contribution in [0.1, 0.15) is 31.2 Å². The molecule has 2 amide bonds. The van der Waals surface area contributed by atoms with Crippen molar-refractivity contribution in [2.75, 3.05) is 32.1 Å². The van der Waals surface area contributed by atoms with Crippen LogP contribution in [0.3, 0.4) is 0 Å². The van der Waals surface area contributed by atoms with E-state index in [4.69, 9.17) is 0 Å². The second-order valence-corrected chi connectivity index (χ2v) is 5.89. The summed E-state index contributed by atoms with van der Waals surface area (Å²) in [4.78, 5) is 27.5. The van der Waals surface area contributed by atoms with Crippen LogP contribution in [0, 0.1) is 0 Å². The van der Waals surface area contributed by atoms with Crippen LogP contribution in [0.2, 0.25) is 0 Å². The van der Waals surface area contributed by atoms with E-state index in [1.54, 1.807) is 4.90 Å². The summed E-state index contributed by atoms with van der Waals surface area (Å²) >= 11 is 0. The first-order chi connectivity index (χ1) is 11.1. The molecule has 0 aliphatic carbocycles. The molecular formula is C17H24N4O2. The zero-order chi connectivity index (χ0) is 16.7. The maximum Gasteiger partial charge on any atom is 0.329 e. The lowest BCUT2D eigenvalue weighted by Crippen LogP contribution is -2.41. The molecule has 1 aliphatic heterocycles. The molecule has 1 aromatic rings. The number of amides is 2. The molecule has 1 heterocycles. The molecule has 0 unspecified atom stereocenters. The second kappa shape index (κ2) is 8.31. The first kappa shape index (κ1) is 17.0. The van der Waals surface area contributed by atoms with Crippen molar-refractivity contribution in [1.29, 1.82) is 0 Å². The number of carbonyl (C=O) groups excluding carboxylic acids is 2. The Hall–Kier alpha value is -2.37. The predicted octanol–water partition coefficient (Wildman–Crippen LogP) is 1.61. The molecule has 1 fully saturated rings. The molecule has 124 valence electrons. The Morgan fingerprint density at radius 2 is 1.70 bits per heavy atom. The molecule has 23 heavy (non-hydrogen) atoms. The van der Waals surface area contributed by atoms with Crippen LogP contribution in [-0.2, 0) is 9.59 Å². The minimum absolute atomic E-state index is 0.494. The van der Waals surface area contributed by atoms with E-state index in [2.05, 4.69) is 10.5 Å². The molecule has 0 aromatic heterocycles. The van der Waals surface area contributed by atoms with Gasteiger partial charge in [0, 0.05) is 32.9 Å². The highest BCUT2D eigenvalue weighted by molar-refractivity contribution is 6.35. The standard InChI is InChI=1S/C17H24N4O2/c1-20(2)15-9-7-14(8-10-15)13-18-19-16(22)17(23)21-11-5-3-4-6-12-21/h7-10,13H,3-6,11-12H2,1-2H3,(H,19,22)/b18-13-. The maximum absolute atomic E-state index is 12.0. The molecule has 0 saturated carbocycles. The lowest BCUT2D eigenvalue weighted by molar-refractivity contribution is -0.145. The van der Waals surface area contributed by atoms with Crippen molar-refractivity contribution in [3.63, 3.8) is 0 Å². The number of anilines is 1. The summed E-state index contributed by atoms with van der Waals surface area (Å²) < 4.78 is 0.